The van der Waals surface area contributed by atoms with Crippen LogP contribution < -0.4 is 5.73 Å². The molecule has 16 heavy (non-hydrogen) atoms. The van der Waals surface area contributed by atoms with Crippen molar-refractivity contribution in [3.63, 3.8) is 0 Å². The van der Waals surface area contributed by atoms with Gasteiger partial charge in [-0.2, -0.15) is 0 Å². The fourth-order valence-electron chi connectivity index (χ4n) is 2.06. The summed E-state index contributed by atoms with van der Waals surface area (Å²) in [6.45, 7) is 3.65. The molecule has 0 amide bonds. The summed E-state index contributed by atoms with van der Waals surface area (Å²) in [7, 11) is 0. The van der Waals surface area contributed by atoms with Crippen molar-refractivity contribution in [1.29, 1.82) is 0 Å². The maximum Gasteiger partial charge on any atom is 0.0649 e. The molecule has 5 heteroatoms. The second-order valence-corrected chi connectivity index (χ2v) is 5.02. The first kappa shape index (κ1) is 12.1. The molecule has 2 N–H and O–H groups in total. The number of rotatable bonds is 3. The Morgan fingerprint density at radius 3 is 2.62 bits per heavy atom. The van der Waals surface area contributed by atoms with Gasteiger partial charge < -0.3 is 5.73 Å². The topological polar surface area (TPSA) is 42.1 Å². The molecule has 1 atom stereocenters. The first-order valence-electron chi connectivity index (χ1n) is 5.41. The number of pyridine rings is 1. The van der Waals surface area contributed by atoms with Gasteiger partial charge in [0.1, 0.15) is 0 Å². The van der Waals surface area contributed by atoms with E-state index < -0.39 is 0 Å². The highest BCUT2D eigenvalue weighted by Gasteiger charge is 2.22. The predicted octanol–water partition coefficient (Wildman–Crippen LogP) is 2.17. The predicted molar refractivity (Wildman–Crippen MR) is 66.7 cm³/mol. The van der Waals surface area contributed by atoms with Gasteiger partial charge in [-0.1, -0.05) is 23.2 Å². The molecule has 1 saturated heterocycles. The number of halogens is 2. The molecule has 1 aromatic heterocycles. The molecule has 1 aromatic rings. The molecule has 0 aromatic carbocycles. The standard InChI is InChI=1S/C11H15Cl2N3/c12-10-4-15-5-11(13)9(10)7-16-2-1-8(3-14)6-16/h4-5,8H,1-3,6-7,14H2. The first-order chi connectivity index (χ1) is 7.70. The Morgan fingerprint density at radius 1 is 1.38 bits per heavy atom. The Morgan fingerprint density at radius 2 is 2.06 bits per heavy atom. The van der Waals surface area contributed by atoms with Crippen LogP contribution in [0.25, 0.3) is 0 Å². The van der Waals surface area contributed by atoms with E-state index in [1.54, 1.807) is 12.4 Å². The molecule has 2 rings (SSSR count). The van der Waals surface area contributed by atoms with E-state index in [-0.39, 0.29) is 0 Å². The fraction of sp³-hybridized carbons (Fsp3) is 0.545. The van der Waals surface area contributed by atoms with Crippen molar-refractivity contribution in [3.8, 4) is 0 Å². The Kier molecular flexibility index (Phi) is 4.03. The lowest BCUT2D eigenvalue weighted by Gasteiger charge is -2.17. The van der Waals surface area contributed by atoms with E-state index in [4.69, 9.17) is 28.9 Å². The molecule has 2 heterocycles. The van der Waals surface area contributed by atoms with E-state index in [9.17, 15) is 0 Å². The molecule has 0 spiro atoms. The SMILES string of the molecule is NCC1CCN(Cc2c(Cl)cncc2Cl)C1. The summed E-state index contributed by atoms with van der Waals surface area (Å²) in [5, 5.41) is 1.28. The van der Waals surface area contributed by atoms with Crippen LogP contribution in [0.3, 0.4) is 0 Å². The van der Waals surface area contributed by atoms with E-state index in [0.29, 0.717) is 16.0 Å². The van der Waals surface area contributed by atoms with Crippen LogP contribution in [0.1, 0.15) is 12.0 Å². The molecular formula is C11H15Cl2N3. The summed E-state index contributed by atoms with van der Waals surface area (Å²) in [5.41, 5.74) is 6.63. The van der Waals surface area contributed by atoms with Gasteiger partial charge in [0.2, 0.25) is 0 Å². The molecule has 1 aliphatic rings. The smallest absolute Gasteiger partial charge is 0.0649 e. The minimum absolute atomic E-state index is 0.611. The lowest BCUT2D eigenvalue weighted by Crippen LogP contribution is -2.23. The normalized spacial score (nSPS) is 21.6. The lowest BCUT2D eigenvalue weighted by atomic mass is 10.1. The maximum absolute atomic E-state index is 6.08. The van der Waals surface area contributed by atoms with Gasteiger partial charge in [-0.05, 0) is 25.4 Å². The zero-order chi connectivity index (χ0) is 11.5. The second kappa shape index (κ2) is 5.32. The molecule has 1 aliphatic heterocycles. The quantitative estimate of drug-likeness (QED) is 0.905. The van der Waals surface area contributed by atoms with E-state index >= 15 is 0 Å². The van der Waals surface area contributed by atoms with Gasteiger partial charge in [-0.3, -0.25) is 9.88 Å². The molecule has 0 saturated carbocycles. The van der Waals surface area contributed by atoms with Crippen LogP contribution in [0.5, 0.6) is 0 Å². The van der Waals surface area contributed by atoms with Gasteiger partial charge in [-0.25, -0.2) is 0 Å². The zero-order valence-electron chi connectivity index (χ0n) is 9.00. The van der Waals surface area contributed by atoms with E-state index in [0.717, 1.165) is 38.2 Å². The first-order valence-corrected chi connectivity index (χ1v) is 6.16. The Bertz CT molecular complexity index is 350. The summed E-state index contributed by atoms with van der Waals surface area (Å²) in [4.78, 5) is 6.29. The van der Waals surface area contributed by atoms with Crippen LogP contribution in [-0.4, -0.2) is 29.5 Å². The zero-order valence-corrected chi connectivity index (χ0v) is 10.5. The summed E-state index contributed by atoms with van der Waals surface area (Å²) < 4.78 is 0. The maximum atomic E-state index is 6.08. The highest BCUT2D eigenvalue weighted by atomic mass is 35.5. The summed E-state index contributed by atoms with van der Waals surface area (Å²) in [6.07, 6.45) is 4.44. The van der Waals surface area contributed by atoms with Crippen molar-refractivity contribution in [2.75, 3.05) is 19.6 Å². The van der Waals surface area contributed by atoms with Gasteiger partial charge in [0.05, 0.1) is 10.0 Å². The van der Waals surface area contributed by atoms with Crippen molar-refractivity contribution in [3.05, 3.63) is 28.0 Å². The van der Waals surface area contributed by atoms with Crippen LogP contribution in [0.15, 0.2) is 12.4 Å². The van der Waals surface area contributed by atoms with Crippen LogP contribution in [0.2, 0.25) is 10.0 Å². The third-order valence-electron chi connectivity index (χ3n) is 3.04. The van der Waals surface area contributed by atoms with Gasteiger partial charge in [-0.15, -0.1) is 0 Å². The van der Waals surface area contributed by atoms with Crippen molar-refractivity contribution < 1.29 is 0 Å². The molecule has 0 aliphatic carbocycles. The Hall–Kier alpha value is -0.350. The minimum atomic E-state index is 0.611. The third kappa shape index (κ3) is 2.66. The largest absolute Gasteiger partial charge is 0.330 e. The summed E-state index contributed by atoms with van der Waals surface area (Å²) in [5.74, 6) is 0.611. The Labute approximate surface area is 106 Å². The second-order valence-electron chi connectivity index (χ2n) is 4.21. The average Bonchev–Trinajstić information content (AvgIpc) is 2.71. The third-order valence-corrected chi connectivity index (χ3v) is 3.69. The Balaban J connectivity index is 2.04. The van der Waals surface area contributed by atoms with Crippen molar-refractivity contribution in [1.82, 2.24) is 9.88 Å². The van der Waals surface area contributed by atoms with Gasteiger partial charge >= 0.3 is 0 Å². The fourth-order valence-corrected chi connectivity index (χ4v) is 2.55. The van der Waals surface area contributed by atoms with Crippen LogP contribution in [0.4, 0.5) is 0 Å². The lowest BCUT2D eigenvalue weighted by molar-refractivity contribution is 0.318. The van der Waals surface area contributed by atoms with E-state index in [1.165, 1.54) is 0 Å². The van der Waals surface area contributed by atoms with Gasteiger partial charge in [0.25, 0.3) is 0 Å². The molecular weight excluding hydrogens is 245 g/mol. The van der Waals surface area contributed by atoms with Crippen LogP contribution in [-0.2, 0) is 6.54 Å². The summed E-state index contributed by atoms with van der Waals surface area (Å²) >= 11 is 12.2. The number of hydrogen-bond acceptors (Lipinski definition) is 3. The molecule has 1 fully saturated rings. The van der Waals surface area contributed by atoms with Crippen molar-refractivity contribution in [2.45, 2.75) is 13.0 Å². The number of hydrogen-bond donors (Lipinski definition) is 1. The summed E-state index contributed by atoms with van der Waals surface area (Å²) in [6, 6.07) is 0. The molecule has 0 bridgehead atoms. The molecule has 0 radical (unpaired) electrons. The van der Waals surface area contributed by atoms with E-state index in [1.807, 2.05) is 0 Å². The van der Waals surface area contributed by atoms with Crippen molar-refractivity contribution in [2.24, 2.45) is 11.7 Å². The average molecular weight is 260 g/mol. The highest BCUT2D eigenvalue weighted by Crippen LogP contribution is 2.26. The van der Waals surface area contributed by atoms with Gasteiger partial charge in [0, 0.05) is 31.0 Å². The van der Waals surface area contributed by atoms with Gasteiger partial charge in [0.15, 0.2) is 0 Å². The van der Waals surface area contributed by atoms with Crippen LogP contribution >= 0.6 is 23.2 Å². The number of likely N-dealkylation sites (tertiary alicyclic amines) is 1. The highest BCUT2D eigenvalue weighted by molar-refractivity contribution is 6.35. The molecule has 88 valence electrons. The van der Waals surface area contributed by atoms with Crippen LogP contribution in [0, 0.1) is 5.92 Å². The number of nitrogens with zero attached hydrogens (tertiary/aromatic N) is 2. The van der Waals surface area contributed by atoms with E-state index in [2.05, 4.69) is 9.88 Å². The monoisotopic (exact) mass is 259 g/mol. The van der Waals surface area contributed by atoms with Crippen molar-refractivity contribution >= 4 is 23.2 Å². The number of aromatic nitrogens is 1. The molecule has 1 unspecified atom stereocenters. The molecule has 3 nitrogen and oxygen atoms in total. The number of nitrogens with two attached hydrogens (primary N) is 1. The minimum Gasteiger partial charge on any atom is -0.330 e.